The zero-order valence-electron chi connectivity index (χ0n) is 13.6. The molecule has 20 heavy (non-hydrogen) atoms. The molecule has 1 saturated heterocycles. The van der Waals surface area contributed by atoms with Crippen LogP contribution in [0.2, 0.25) is 0 Å². The first-order valence-corrected chi connectivity index (χ1v) is 7.52. The van der Waals surface area contributed by atoms with E-state index in [0.717, 1.165) is 24.9 Å². The molecule has 0 radical (unpaired) electrons. The Morgan fingerprint density at radius 1 is 1.25 bits per heavy atom. The van der Waals surface area contributed by atoms with E-state index in [9.17, 15) is 0 Å². The van der Waals surface area contributed by atoms with Crippen LogP contribution >= 0.6 is 0 Å². The molecule has 2 heterocycles. The molecule has 0 N–H and O–H groups in total. The van der Waals surface area contributed by atoms with Gasteiger partial charge in [0.25, 0.3) is 0 Å². The zero-order valence-corrected chi connectivity index (χ0v) is 13.6. The molecule has 0 aromatic heterocycles. The van der Waals surface area contributed by atoms with E-state index in [1.165, 1.54) is 0 Å². The predicted molar refractivity (Wildman–Crippen MR) is 83.7 cm³/mol. The van der Waals surface area contributed by atoms with Crippen LogP contribution in [0.15, 0.2) is 16.6 Å². The Bertz CT molecular complexity index is 402. The molecular weight excluding hydrogens is 251 g/mol. The first-order chi connectivity index (χ1) is 9.21. The van der Waals surface area contributed by atoms with Crippen LogP contribution in [0.4, 0.5) is 0 Å². The number of hydrogen-bond donors (Lipinski definition) is 0. The first-order valence-electron chi connectivity index (χ1n) is 7.52. The summed E-state index contributed by atoms with van der Waals surface area (Å²) in [6.45, 7) is 11.6. The summed E-state index contributed by atoms with van der Waals surface area (Å²) in [4.78, 5) is 0. The van der Waals surface area contributed by atoms with Crippen LogP contribution in [0.25, 0.3) is 0 Å². The van der Waals surface area contributed by atoms with E-state index in [4.69, 9.17) is 9.31 Å². The second-order valence-corrected chi connectivity index (χ2v) is 7.06. The summed E-state index contributed by atoms with van der Waals surface area (Å²) in [5.41, 5.74) is 0.429. The molecule has 2 rings (SSSR count). The van der Waals surface area contributed by atoms with E-state index in [2.05, 4.69) is 45.8 Å². The number of nitrogens with zero attached hydrogens (tertiary/aromatic N) is 2. The SMILES string of the molecule is CC1CC/C=C(B2OC(C)(C)C(C)(C)O2)/C=N\N(C)C1. The highest BCUT2D eigenvalue weighted by molar-refractivity contribution is 6.60. The molecule has 1 atom stereocenters. The van der Waals surface area contributed by atoms with Crippen molar-refractivity contribution < 1.29 is 9.31 Å². The van der Waals surface area contributed by atoms with Gasteiger partial charge in [0.2, 0.25) is 0 Å². The van der Waals surface area contributed by atoms with Crippen molar-refractivity contribution in [3.05, 3.63) is 11.5 Å². The Morgan fingerprint density at radius 3 is 2.45 bits per heavy atom. The summed E-state index contributed by atoms with van der Waals surface area (Å²) < 4.78 is 12.2. The summed E-state index contributed by atoms with van der Waals surface area (Å²) in [7, 11) is 1.70. The van der Waals surface area contributed by atoms with Crippen LogP contribution in [0.3, 0.4) is 0 Å². The van der Waals surface area contributed by atoms with E-state index >= 15 is 0 Å². The molecule has 0 amide bonds. The van der Waals surface area contributed by atoms with E-state index in [1.807, 2.05) is 18.3 Å². The highest BCUT2D eigenvalue weighted by Crippen LogP contribution is 2.38. The Kier molecular flexibility index (Phi) is 4.31. The minimum absolute atomic E-state index is 0.302. The third-order valence-electron chi connectivity index (χ3n) is 4.54. The van der Waals surface area contributed by atoms with Gasteiger partial charge in [0.15, 0.2) is 0 Å². The van der Waals surface area contributed by atoms with Crippen molar-refractivity contribution in [3.63, 3.8) is 0 Å². The molecule has 5 heteroatoms. The maximum Gasteiger partial charge on any atom is 0.496 e. The topological polar surface area (TPSA) is 34.1 Å². The first kappa shape index (κ1) is 15.6. The standard InChI is InChI=1S/C15H27BN2O2/c1-12-8-7-9-13(10-17-18(6)11-12)16-19-14(2,3)15(4,5)20-16/h9-10,12H,7-8,11H2,1-6H3/b13-9-,17-10-. The van der Waals surface area contributed by atoms with Crippen molar-refractivity contribution >= 4 is 13.3 Å². The number of rotatable bonds is 1. The van der Waals surface area contributed by atoms with Gasteiger partial charge in [-0.1, -0.05) is 13.0 Å². The lowest BCUT2D eigenvalue weighted by atomic mass is 9.78. The van der Waals surface area contributed by atoms with Crippen LogP contribution in [0.5, 0.6) is 0 Å². The van der Waals surface area contributed by atoms with Gasteiger partial charge in [0, 0.05) is 19.8 Å². The number of hydrazone groups is 1. The third kappa shape index (κ3) is 3.26. The van der Waals surface area contributed by atoms with Gasteiger partial charge >= 0.3 is 7.12 Å². The van der Waals surface area contributed by atoms with Crippen LogP contribution in [0, 0.1) is 5.92 Å². The predicted octanol–water partition coefficient (Wildman–Crippen LogP) is 2.89. The highest BCUT2D eigenvalue weighted by atomic mass is 16.7. The molecule has 4 nitrogen and oxygen atoms in total. The Hall–Kier alpha value is -0.805. The van der Waals surface area contributed by atoms with Crippen LogP contribution in [0.1, 0.15) is 47.5 Å². The second kappa shape index (κ2) is 5.53. The van der Waals surface area contributed by atoms with Gasteiger partial charge in [0.1, 0.15) is 0 Å². The number of allylic oxidation sites excluding steroid dienone is 2. The summed E-state index contributed by atoms with van der Waals surface area (Å²) in [6.07, 6.45) is 6.30. The lowest BCUT2D eigenvalue weighted by molar-refractivity contribution is 0.00578. The van der Waals surface area contributed by atoms with E-state index < -0.39 is 0 Å². The summed E-state index contributed by atoms with van der Waals surface area (Å²) in [5.74, 6) is 0.644. The fourth-order valence-electron chi connectivity index (χ4n) is 2.48. The van der Waals surface area contributed by atoms with Crippen molar-refractivity contribution in [2.75, 3.05) is 13.6 Å². The van der Waals surface area contributed by atoms with E-state index in [0.29, 0.717) is 5.92 Å². The number of hydrogen-bond acceptors (Lipinski definition) is 4. The summed E-state index contributed by atoms with van der Waals surface area (Å²) >= 11 is 0. The summed E-state index contributed by atoms with van der Waals surface area (Å²) in [6, 6.07) is 0. The van der Waals surface area contributed by atoms with E-state index in [1.54, 1.807) is 0 Å². The van der Waals surface area contributed by atoms with Gasteiger partial charge in [-0.2, -0.15) is 5.10 Å². The van der Waals surface area contributed by atoms with Crippen molar-refractivity contribution in [1.82, 2.24) is 5.01 Å². The lowest BCUT2D eigenvalue weighted by Crippen LogP contribution is -2.41. The van der Waals surface area contributed by atoms with E-state index in [-0.39, 0.29) is 18.3 Å². The summed E-state index contributed by atoms with van der Waals surface area (Å²) in [5, 5.41) is 6.49. The van der Waals surface area contributed by atoms with Crippen molar-refractivity contribution in [3.8, 4) is 0 Å². The Labute approximate surface area is 123 Å². The zero-order chi connectivity index (χ0) is 15.0. The third-order valence-corrected chi connectivity index (χ3v) is 4.54. The second-order valence-electron chi connectivity index (χ2n) is 7.06. The molecule has 1 fully saturated rings. The molecule has 0 aromatic rings. The average Bonchev–Trinajstić information content (AvgIpc) is 2.56. The quantitative estimate of drug-likeness (QED) is 0.692. The van der Waals surface area contributed by atoms with Gasteiger partial charge in [-0.15, -0.1) is 0 Å². The minimum atomic E-state index is -0.314. The Morgan fingerprint density at radius 2 is 1.85 bits per heavy atom. The molecule has 2 aliphatic rings. The normalized spacial score (nSPS) is 33.9. The van der Waals surface area contributed by atoms with Crippen molar-refractivity contribution in [2.24, 2.45) is 11.0 Å². The fraction of sp³-hybridized carbons (Fsp3) is 0.800. The molecular formula is C15H27BN2O2. The molecule has 0 aromatic carbocycles. The fourth-order valence-corrected chi connectivity index (χ4v) is 2.48. The largest absolute Gasteiger partial charge is 0.496 e. The minimum Gasteiger partial charge on any atom is -0.399 e. The van der Waals surface area contributed by atoms with Crippen LogP contribution in [-0.4, -0.2) is 43.1 Å². The van der Waals surface area contributed by atoms with Crippen LogP contribution < -0.4 is 0 Å². The molecule has 1 unspecified atom stereocenters. The lowest BCUT2D eigenvalue weighted by Gasteiger charge is -2.32. The van der Waals surface area contributed by atoms with Gasteiger partial charge in [0.05, 0.1) is 11.2 Å². The van der Waals surface area contributed by atoms with Gasteiger partial charge < -0.3 is 9.31 Å². The Balaban J connectivity index is 2.17. The van der Waals surface area contributed by atoms with Gasteiger partial charge in [-0.25, -0.2) is 0 Å². The van der Waals surface area contributed by atoms with Gasteiger partial charge in [-0.05, 0) is 51.9 Å². The smallest absolute Gasteiger partial charge is 0.399 e. The molecule has 0 aliphatic carbocycles. The molecule has 112 valence electrons. The average molecular weight is 278 g/mol. The molecule has 2 aliphatic heterocycles. The highest BCUT2D eigenvalue weighted by Gasteiger charge is 2.52. The molecule has 0 spiro atoms. The van der Waals surface area contributed by atoms with Crippen molar-refractivity contribution in [2.45, 2.75) is 58.7 Å². The molecule has 0 saturated carbocycles. The maximum atomic E-state index is 6.10. The monoisotopic (exact) mass is 278 g/mol. The maximum absolute atomic E-state index is 6.10. The molecule has 0 bridgehead atoms. The van der Waals surface area contributed by atoms with Gasteiger partial charge in [-0.3, -0.25) is 5.01 Å². The van der Waals surface area contributed by atoms with Crippen molar-refractivity contribution in [1.29, 1.82) is 0 Å². The van der Waals surface area contributed by atoms with Crippen LogP contribution in [-0.2, 0) is 9.31 Å².